The Bertz CT molecular complexity index is 1290. The second-order valence-electron chi connectivity index (χ2n) is 6.69. The molecule has 7 heteroatoms. The normalized spacial score (nSPS) is 10.8. The zero-order valence-corrected chi connectivity index (χ0v) is 18.5. The van der Waals surface area contributed by atoms with E-state index >= 15 is 0 Å². The van der Waals surface area contributed by atoms with Crippen LogP contribution in [0, 0.1) is 6.92 Å². The molecule has 158 valence electrons. The standard InChI is InChI=1S/C22H17FN4OS.C2H6/c1-14-2-8-18(26-25-14)15-3-5-16(6-4-15)19-13-27-20-9-7-17(28-11-10-23)12-21(20)29-22(27)24-19;1-2/h2-9,12-13H,10-11H2,1H3;1-2H3. The van der Waals surface area contributed by atoms with E-state index in [1.165, 1.54) is 0 Å². The summed E-state index contributed by atoms with van der Waals surface area (Å²) in [4.78, 5) is 5.69. The van der Waals surface area contributed by atoms with E-state index in [0.29, 0.717) is 5.75 Å². The van der Waals surface area contributed by atoms with Gasteiger partial charge in [-0.2, -0.15) is 10.2 Å². The summed E-state index contributed by atoms with van der Waals surface area (Å²) in [6.45, 7) is 5.50. The van der Waals surface area contributed by atoms with Gasteiger partial charge in [0, 0.05) is 17.3 Å². The highest BCUT2D eigenvalue weighted by Gasteiger charge is 2.11. The van der Waals surface area contributed by atoms with Gasteiger partial charge < -0.3 is 4.74 Å². The van der Waals surface area contributed by atoms with Gasteiger partial charge in [-0.25, -0.2) is 9.37 Å². The number of nitrogens with zero attached hydrogens (tertiary/aromatic N) is 4. The average Bonchev–Trinajstić information content (AvgIpc) is 3.37. The number of rotatable bonds is 5. The third kappa shape index (κ3) is 4.27. The molecule has 0 aliphatic heterocycles. The average molecular weight is 435 g/mol. The van der Waals surface area contributed by atoms with Crippen molar-refractivity contribution in [3.8, 4) is 28.3 Å². The van der Waals surface area contributed by atoms with Crippen LogP contribution in [0.25, 0.3) is 37.7 Å². The lowest BCUT2D eigenvalue weighted by Gasteiger charge is -2.03. The summed E-state index contributed by atoms with van der Waals surface area (Å²) in [5.74, 6) is 0.676. The van der Waals surface area contributed by atoms with E-state index in [1.807, 2.05) is 69.4 Å². The van der Waals surface area contributed by atoms with Gasteiger partial charge in [0.15, 0.2) is 4.96 Å². The summed E-state index contributed by atoms with van der Waals surface area (Å²) >= 11 is 1.59. The number of thiazole rings is 1. The molecule has 5 aromatic rings. The molecule has 0 saturated carbocycles. The molecule has 0 aliphatic carbocycles. The number of alkyl halides is 1. The van der Waals surface area contributed by atoms with Crippen molar-refractivity contribution in [2.75, 3.05) is 13.3 Å². The van der Waals surface area contributed by atoms with Crippen LogP contribution in [0.5, 0.6) is 5.75 Å². The van der Waals surface area contributed by atoms with Crippen molar-refractivity contribution >= 4 is 26.5 Å². The first kappa shape index (κ1) is 20.9. The highest BCUT2D eigenvalue weighted by atomic mass is 32.1. The SMILES string of the molecule is CC.Cc1ccc(-c2ccc(-c3cn4c(n3)sc3cc(OCCF)ccc34)cc2)nn1. The van der Waals surface area contributed by atoms with Crippen molar-refractivity contribution in [2.24, 2.45) is 0 Å². The summed E-state index contributed by atoms with van der Waals surface area (Å²) in [5, 5.41) is 8.36. The summed E-state index contributed by atoms with van der Waals surface area (Å²) in [7, 11) is 0. The largest absolute Gasteiger partial charge is 0.491 e. The Morgan fingerprint density at radius 3 is 2.35 bits per heavy atom. The van der Waals surface area contributed by atoms with Crippen molar-refractivity contribution < 1.29 is 9.13 Å². The third-order valence-corrected chi connectivity index (χ3v) is 5.70. The van der Waals surface area contributed by atoms with Crippen LogP contribution in [0.1, 0.15) is 19.5 Å². The van der Waals surface area contributed by atoms with Gasteiger partial charge in [0.25, 0.3) is 0 Å². The molecule has 31 heavy (non-hydrogen) atoms. The Labute approximate surface area is 184 Å². The smallest absolute Gasteiger partial charge is 0.195 e. The molecule has 0 aliphatic rings. The van der Waals surface area contributed by atoms with Crippen LogP contribution in [0.3, 0.4) is 0 Å². The van der Waals surface area contributed by atoms with Gasteiger partial charge in [-0.15, -0.1) is 0 Å². The van der Waals surface area contributed by atoms with E-state index in [4.69, 9.17) is 9.72 Å². The van der Waals surface area contributed by atoms with Crippen molar-refractivity contribution in [1.29, 1.82) is 0 Å². The minimum absolute atomic E-state index is 0.0718. The Morgan fingerprint density at radius 2 is 1.68 bits per heavy atom. The number of ether oxygens (including phenoxy) is 1. The molecular formula is C24H23FN4OS. The Balaban J connectivity index is 0.00000112. The number of hydrogen-bond donors (Lipinski definition) is 0. The minimum atomic E-state index is -0.496. The van der Waals surface area contributed by atoms with Crippen molar-refractivity contribution in [3.63, 3.8) is 0 Å². The quantitative estimate of drug-likeness (QED) is 0.323. The zero-order valence-electron chi connectivity index (χ0n) is 17.7. The van der Waals surface area contributed by atoms with Crippen LogP contribution in [0.4, 0.5) is 4.39 Å². The molecular weight excluding hydrogens is 411 g/mol. The van der Waals surface area contributed by atoms with E-state index in [1.54, 1.807) is 11.3 Å². The van der Waals surface area contributed by atoms with Gasteiger partial charge in [-0.3, -0.25) is 4.40 Å². The number of aromatic nitrogens is 4. The molecule has 0 atom stereocenters. The van der Waals surface area contributed by atoms with Crippen LogP contribution in [-0.4, -0.2) is 32.9 Å². The van der Waals surface area contributed by atoms with Crippen LogP contribution in [0.15, 0.2) is 60.8 Å². The molecule has 3 aromatic heterocycles. The number of fused-ring (bicyclic) bond motifs is 3. The fourth-order valence-electron chi connectivity index (χ4n) is 3.23. The lowest BCUT2D eigenvalue weighted by atomic mass is 10.1. The van der Waals surface area contributed by atoms with Crippen LogP contribution in [0.2, 0.25) is 0 Å². The van der Waals surface area contributed by atoms with Gasteiger partial charge in [0.05, 0.1) is 27.3 Å². The van der Waals surface area contributed by atoms with Crippen molar-refractivity contribution in [1.82, 2.24) is 19.6 Å². The zero-order chi connectivity index (χ0) is 21.8. The molecule has 0 bridgehead atoms. The Kier molecular flexibility index (Phi) is 6.23. The Hall–Kier alpha value is -3.32. The van der Waals surface area contributed by atoms with Crippen molar-refractivity contribution in [2.45, 2.75) is 20.8 Å². The Morgan fingerprint density at radius 1 is 0.935 bits per heavy atom. The fraction of sp³-hybridized carbons (Fsp3) is 0.208. The van der Waals surface area contributed by atoms with Gasteiger partial charge in [-0.1, -0.05) is 49.4 Å². The minimum Gasteiger partial charge on any atom is -0.491 e. The monoisotopic (exact) mass is 434 g/mol. The number of benzene rings is 2. The first-order chi connectivity index (χ1) is 15.2. The van der Waals surface area contributed by atoms with Gasteiger partial charge in [0.1, 0.15) is 19.0 Å². The first-order valence-electron chi connectivity index (χ1n) is 10.2. The first-order valence-corrected chi connectivity index (χ1v) is 11.0. The lowest BCUT2D eigenvalue weighted by molar-refractivity contribution is 0.273. The number of imidazole rings is 1. The summed E-state index contributed by atoms with van der Waals surface area (Å²) in [6, 6.07) is 17.9. The molecule has 0 amide bonds. The molecule has 0 N–H and O–H groups in total. The van der Waals surface area contributed by atoms with E-state index in [9.17, 15) is 4.39 Å². The summed E-state index contributed by atoms with van der Waals surface area (Å²) in [6.07, 6.45) is 2.04. The van der Waals surface area contributed by atoms with Crippen LogP contribution >= 0.6 is 11.3 Å². The van der Waals surface area contributed by atoms with Gasteiger partial charge in [0.2, 0.25) is 0 Å². The molecule has 3 heterocycles. The van der Waals surface area contributed by atoms with E-state index in [-0.39, 0.29) is 6.61 Å². The molecule has 0 radical (unpaired) electrons. The predicted molar refractivity (Wildman–Crippen MR) is 125 cm³/mol. The van der Waals surface area contributed by atoms with Crippen LogP contribution in [-0.2, 0) is 0 Å². The molecule has 2 aromatic carbocycles. The summed E-state index contributed by atoms with van der Waals surface area (Å²) < 4.78 is 20.8. The maximum atomic E-state index is 12.3. The fourth-order valence-corrected chi connectivity index (χ4v) is 4.27. The number of halogens is 1. The highest BCUT2D eigenvalue weighted by Crippen LogP contribution is 2.32. The van der Waals surface area contributed by atoms with Crippen molar-refractivity contribution in [3.05, 3.63) is 66.5 Å². The number of hydrogen-bond acceptors (Lipinski definition) is 5. The topological polar surface area (TPSA) is 52.3 Å². The lowest BCUT2D eigenvalue weighted by Crippen LogP contribution is -1.98. The molecule has 0 spiro atoms. The second kappa shape index (κ2) is 9.22. The molecule has 0 unspecified atom stereocenters. The molecule has 0 saturated heterocycles. The number of aryl methyl sites for hydroxylation is 1. The maximum Gasteiger partial charge on any atom is 0.195 e. The van der Waals surface area contributed by atoms with Gasteiger partial charge >= 0.3 is 0 Å². The van der Waals surface area contributed by atoms with Crippen LogP contribution < -0.4 is 4.74 Å². The third-order valence-electron chi connectivity index (χ3n) is 4.69. The maximum absolute atomic E-state index is 12.3. The van der Waals surface area contributed by atoms with Gasteiger partial charge in [-0.05, 0) is 37.3 Å². The second-order valence-corrected chi connectivity index (χ2v) is 7.69. The molecule has 0 fully saturated rings. The predicted octanol–water partition coefficient (Wildman–Crippen LogP) is 6.36. The van der Waals surface area contributed by atoms with E-state index in [0.717, 1.165) is 43.4 Å². The molecule has 5 nitrogen and oxygen atoms in total. The van der Waals surface area contributed by atoms with E-state index < -0.39 is 6.67 Å². The van der Waals surface area contributed by atoms with E-state index in [2.05, 4.69) is 26.7 Å². The molecule has 5 rings (SSSR count). The summed E-state index contributed by atoms with van der Waals surface area (Å²) in [5.41, 5.74) is 5.79. The highest BCUT2D eigenvalue weighted by molar-refractivity contribution is 7.23.